The molecule has 4 heteroatoms. The number of aryl methyl sites for hydroxylation is 3. The number of carbonyl (C=O) groups is 1. The zero-order valence-electron chi connectivity index (χ0n) is 13.3. The molecule has 0 unspecified atom stereocenters. The third-order valence-corrected chi connectivity index (χ3v) is 4.51. The number of hydrogen-bond acceptors (Lipinski definition) is 2. The van der Waals surface area contributed by atoms with E-state index in [2.05, 4.69) is 39.8 Å². The Labute approximate surface area is 131 Å². The van der Waals surface area contributed by atoms with Gasteiger partial charge in [0.15, 0.2) is 0 Å². The second-order valence-electron chi connectivity index (χ2n) is 5.85. The Morgan fingerprint density at radius 3 is 2.91 bits per heavy atom. The van der Waals surface area contributed by atoms with Crippen LogP contribution in [0, 0.1) is 0 Å². The summed E-state index contributed by atoms with van der Waals surface area (Å²) in [6, 6.07) is 8.54. The number of aromatic amines is 1. The minimum absolute atomic E-state index is 0.00385. The number of fused-ring (bicyclic) bond motifs is 1. The van der Waals surface area contributed by atoms with Gasteiger partial charge in [0.1, 0.15) is 0 Å². The van der Waals surface area contributed by atoms with Gasteiger partial charge >= 0.3 is 0 Å². The predicted octanol–water partition coefficient (Wildman–Crippen LogP) is 3.34. The van der Waals surface area contributed by atoms with E-state index in [1.807, 2.05) is 13.8 Å². The molecule has 0 saturated heterocycles. The zero-order chi connectivity index (χ0) is 15.5. The molecule has 2 N–H and O–H groups in total. The number of amides is 1. The molecule has 1 heterocycles. The number of rotatable bonds is 4. The number of nitrogens with one attached hydrogen (secondary N) is 2. The first-order valence-corrected chi connectivity index (χ1v) is 8.19. The van der Waals surface area contributed by atoms with Crippen LogP contribution in [-0.2, 0) is 19.3 Å². The van der Waals surface area contributed by atoms with Gasteiger partial charge in [-0.05, 0) is 43.2 Å². The zero-order valence-corrected chi connectivity index (χ0v) is 13.3. The van der Waals surface area contributed by atoms with Crippen molar-refractivity contribution in [3.8, 4) is 0 Å². The molecule has 0 fully saturated rings. The van der Waals surface area contributed by atoms with Crippen molar-refractivity contribution in [3.05, 3.63) is 52.3 Å². The average Bonchev–Trinajstić information content (AvgIpc) is 2.98. The van der Waals surface area contributed by atoms with Gasteiger partial charge in [-0.2, -0.15) is 5.10 Å². The summed E-state index contributed by atoms with van der Waals surface area (Å²) in [4.78, 5) is 12.8. The van der Waals surface area contributed by atoms with Gasteiger partial charge in [-0.1, -0.05) is 38.1 Å². The Bertz CT molecular complexity index is 653. The highest BCUT2D eigenvalue weighted by Crippen LogP contribution is 2.30. The van der Waals surface area contributed by atoms with Crippen LogP contribution in [0.5, 0.6) is 0 Å². The van der Waals surface area contributed by atoms with Gasteiger partial charge in [-0.15, -0.1) is 0 Å². The molecule has 1 aromatic carbocycles. The Morgan fingerprint density at radius 2 is 2.14 bits per heavy atom. The Morgan fingerprint density at radius 1 is 1.32 bits per heavy atom. The van der Waals surface area contributed by atoms with Crippen molar-refractivity contribution in [2.75, 3.05) is 0 Å². The van der Waals surface area contributed by atoms with Crippen LogP contribution in [0.15, 0.2) is 24.3 Å². The lowest BCUT2D eigenvalue weighted by molar-refractivity contribution is 0.0931. The summed E-state index contributed by atoms with van der Waals surface area (Å²) in [6.07, 6.45) is 4.78. The molecule has 0 aliphatic heterocycles. The summed E-state index contributed by atoms with van der Waals surface area (Å²) in [5.41, 5.74) is 5.16. The number of H-pyrrole nitrogens is 1. The van der Waals surface area contributed by atoms with Gasteiger partial charge < -0.3 is 5.32 Å². The normalized spacial score (nSPS) is 17.1. The molecule has 1 aromatic heterocycles. The number of aromatic nitrogens is 2. The van der Waals surface area contributed by atoms with E-state index in [-0.39, 0.29) is 11.9 Å². The van der Waals surface area contributed by atoms with Crippen LogP contribution in [0.25, 0.3) is 0 Å². The maximum absolute atomic E-state index is 12.8. The molecule has 1 aliphatic carbocycles. The molecule has 0 radical (unpaired) electrons. The van der Waals surface area contributed by atoms with E-state index in [1.54, 1.807) is 0 Å². The largest absolute Gasteiger partial charge is 0.345 e. The summed E-state index contributed by atoms with van der Waals surface area (Å²) < 4.78 is 0. The van der Waals surface area contributed by atoms with Gasteiger partial charge in [0, 0.05) is 5.69 Å². The van der Waals surface area contributed by atoms with E-state index in [9.17, 15) is 4.79 Å². The molecule has 22 heavy (non-hydrogen) atoms. The van der Waals surface area contributed by atoms with Gasteiger partial charge in [0.25, 0.3) is 5.91 Å². The monoisotopic (exact) mass is 297 g/mol. The van der Waals surface area contributed by atoms with E-state index >= 15 is 0 Å². The lowest BCUT2D eigenvalue weighted by Gasteiger charge is -2.26. The first kappa shape index (κ1) is 14.8. The summed E-state index contributed by atoms with van der Waals surface area (Å²) in [7, 11) is 0. The van der Waals surface area contributed by atoms with Crippen molar-refractivity contribution < 1.29 is 4.79 Å². The molecular formula is C18H23N3O. The molecular weight excluding hydrogens is 274 g/mol. The smallest absolute Gasteiger partial charge is 0.255 e. The van der Waals surface area contributed by atoms with Crippen molar-refractivity contribution in [1.29, 1.82) is 0 Å². The predicted molar refractivity (Wildman–Crippen MR) is 86.9 cm³/mol. The quantitative estimate of drug-likeness (QED) is 0.909. The Kier molecular flexibility index (Phi) is 4.27. The topological polar surface area (TPSA) is 57.8 Å². The molecule has 0 bridgehead atoms. The van der Waals surface area contributed by atoms with Crippen molar-refractivity contribution in [2.45, 2.75) is 52.0 Å². The summed E-state index contributed by atoms with van der Waals surface area (Å²) in [5.74, 6) is 0.00385. The van der Waals surface area contributed by atoms with Gasteiger partial charge in [0.2, 0.25) is 0 Å². The molecule has 1 amide bonds. The lowest BCUT2D eigenvalue weighted by Crippen LogP contribution is -2.31. The highest BCUT2D eigenvalue weighted by molar-refractivity contribution is 5.96. The van der Waals surface area contributed by atoms with Gasteiger partial charge in [-0.25, -0.2) is 0 Å². The van der Waals surface area contributed by atoms with E-state index < -0.39 is 0 Å². The molecule has 2 aromatic rings. The SMILES string of the molecule is CCc1n[nH]c(CC)c1C(=O)N[C@@H]1CCCc2ccccc21. The second kappa shape index (κ2) is 6.34. The van der Waals surface area contributed by atoms with E-state index in [4.69, 9.17) is 0 Å². The van der Waals surface area contributed by atoms with E-state index in [0.29, 0.717) is 0 Å². The van der Waals surface area contributed by atoms with Crippen LogP contribution in [0.1, 0.15) is 65.6 Å². The number of carbonyl (C=O) groups excluding carboxylic acids is 1. The third-order valence-electron chi connectivity index (χ3n) is 4.51. The number of hydrogen-bond donors (Lipinski definition) is 2. The third kappa shape index (κ3) is 2.65. The van der Waals surface area contributed by atoms with Crippen molar-refractivity contribution >= 4 is 5.91 Å². The summed E-state index contributed by atoms with van der Waals surface area (Å²) in [6.45, 7) is 4.07. The average molecular weight is 297 g/mol. The van der Waals surface area contributed by atoms with E-state index in [0.717, 1.165) is 49.1 Å². The molecule has 4 nitrogen and oxygen atoms in total. The van der Waals surface area contributed by atoms with Crippen LogP contribution in [0.2, 0.25) is 0 Å². The highest BCUT2D eigenvalue weighted by Gasteiger charge is 2.25. The number of benzene rings is 1. The fourth-order valence-electron chi connectivity index (χ4n) is 3.33. The van der Waals surface area contributed by atoms with Crippen LogP contribution in [0.4, 0.5) is 0 Å². The molecule has 0 spiro atoms. The van der Waals surface area contributed by atoms with Crippen LogP contribution in [-0.4, -0.2) is 16.1 Å². The van der Waals surface area contributed by atoms with Crippen molar-refractivity contribution in [3.63, 3.8) is 0 Å². The fraction of sp³-hybridized carbons (Fsp3) is 0.444. The highest BCUT2D eigenvalue weighted by atomic mass is 16.1. The maximum atomic E-state index is 12.8. The van der Waals surface area contributed by atoms with E-state index in [1.165, 1.54) is 11.1 Å². The molecule has 116 valence electrons. The van der Waals surface area contributed by atoms with Crippen molar-refractivity contribution in [2.24, 2.45) is 0 Å². The van der Waals surface area contributed by atoms with Crippen LogP contribution >= 0.6 is 0 Å². The minimum atomic E-state index is 0.00385. The first-order chi connectivity index (χ1) is 10.7. The summed E-state index contributed by atoms with van der Waals surface area (Å²) >= 11 is 0. The second-order valence-corrected chi connectivity index (χ2v) is 5.85. The maximum Gasteiger partial charge on any atom is 0.255 e. The van der Waals surface area contributed by atoms with Gasteiger partial charge in [-0.3, -0.25) is 9.89 Å². The fourth-order valence-corrected chi connectivity index (χ4v) is 3.33. The standard InChI is InChI=1S/C18H23N3O/c1-3-14-17(15(4-2)21-20-14)18(22)19-16-11-7-9-12-8-5-6-10-13(12)16/h5-6,8,10,16H,3-4,7,9,11H2,1-2H3,(H,19,22)(H,20,21)/t16-/m1/s1. The minimum Gasteiger partial charge on any atom is -0.345 e. The Balaban J connectivity index is 1.85. The first-order valence-electron chi connectivity index (χ1n) is 8.19. The van der Waals surface area contributed by atoms with Crippen molar-refractivity contribution in [1.82, 2.24) is 15.5 Å². The number of nitrogens with zero attached hydrogens (tertiary/aromatic N) is 1. The van der Waals surface area contributed by atoms with Gasteiger partial charge in [0.05, 0.1) is 17.3 Å². The Hall–Kier alpha value is -2.10. The molecule has 1 atom stereocenters. The molecule has 3 rings (SSSR count). The molecule has 0 saturated carbocycles. The van der Waals surface area contributed by atoms with Crippen LogP contribution in [0.3, 0.4) is 0 Å². The molecule has 1 aliphatic rings. The van der Waals surface area contributed by atoms with Crippen LogP contribution < -0.4 is 5.32 Å². The summed E-state index contributed by atoms with van der Waals surface area (Å²) in [5, 5.41) is 10.5. The lowest BCUT2D eigenvalue weighted by atomic mass is 9.87.